The zero-order chi connectivity index (χ0) is 22.4. The molecule has 0 atom stereocenters. The van der Waals surface area contributed by atoms with Gasteiger partial charge in [-0.05, 0) is 74.5 Å². The van der Waals surface area contributed by atoms with Crippen LogP contribution in [0.2, 0.25) is 0 Å². The van der Waals surface area contributed by atoms with Crippen LogP contribution in [0.25, 0.3) is 0 Å². The van der Waals surface area contributed by atoms with Crippen LogP contribution in [0.3, 0.4) is 0 Å². The first-order valence-electron chi connectivity index (χ1n) is 12.6. The van der Waals surface area contributed by atoms with Crippen molar-refractivity contribution in [3.05, 3.63) is 29.3 Å². The molecule has 1 saturated carbocycles. The van der Waals surface area contributed by atoms with Crippen LogP contribution < -0.4 is 4.90 Å². The summed E-state index contributed by atoms with van der Waals surface area (Å²) in [6.07, 6.45) is 7.51. The third-order valence-corrected chi connectivity index (χ3v) is 7.47. The highest BCUT2D eigenvalue weighted by Crippen LogP contribution is 2.46. The standard InChI is InChI=1S/C27H44N2O2.ClH/c1-6-8-16-28-17-19-29(20-18-28)25-23(10-9-11-24(25)26(30)31-7-2)21-12-14-22(15-13-21)27(3,4)5;/h9-11,21-22H,6-8,12-20H2,1-5H3;1H. The number of hydrogen-bond acceptors (Lipinski definition) is 4. The summed E-state index contributed by atoms with van der Waals surface area (Å²) in [5.41, 5.74) is 3.68. The minimum Gasteiger partial charge on any atom is -0.462 e. The molecule has 1 saturated heterocycles. The second-order valence-corrected chi connectivity index (χ2v) is 10.6. The van der Waals surface area contributed by atoms with Gasteiger partial charge in [0.15, 0.2) is 0 Å². The average molecular weight is 465 g/mol. The number of anilines is 1. The molecule has 0 unspecified atom stereocenters. The second kappa shape index (κ2) is 12.3. The number of hydrogen-bond donors (Lipinski definition) is 0. The lowest BCUT2D eigenvalue weighted by atomic mass is 9.68. The van der Waals surface area contributed by atoms with Crippen molar-refractivity contribution >= 4 is 24.1 Å². The Morgan fingerprint density at radius 1 is 1.03 bits per heavy atom. The van der Waals surface area contributed by atoms with Gasteiger partial charge in [-0.15, -0.1) is 12.4 Å². The van der Waals surface area contributed by atoms with Crippen molar-refractivity contribution < 1.29 is 9.53 Å². The summed E-state index contributed by atoms with van der Waals surface area (Å²) in [6.45, 7) is 17.0. The number of ether oxygens (including phenoxy) is 1. The minimum absolute atomic E-state index is 0. The largest absolute Gasteiger partial charge is 0.462 e. The van der Waals surface area contributed by atoms with Gasteiger partial charge in [-0.25, -0.2) is 4.79 Å². The summed E-state index contributed by atoms with van der Waals surface area (Å²) in [4.78, 5) is 17.9. The molecule has 0 radical (unpaired) electrons. The second-order valence-electron chi connectivity index (χ2n) is 10.6. The normalized spacial score (nSPS) is 22.3. The molecule has 0 bridgehead atoms. The van der Waals surface area contributed by atoms with Crippen LogP contribution in [0.1, 0.15) is 95.0 Å². The van der Waals surface area contributed by atoms with Crippen molar-refractivity contribution in [1.82, 2.24) is 4.90 Å². The molecule has 32 heavy (non-hydrogen) atoms. The molecule has 0 spiro atoms. The molecule has 2 fully saturated rings. The molecule has 5 heteroatoms. The number of halogens is 1. The lowest BCUT2D eigenvalue weighted by Crippen LogP contribution is -2.47. The summed E-state index contributed by atoms with van der Waals surface area (Å²) in [7, 11) is 0. The van der Waals surface area contributed by atoms with Crippen LogP contribution in [0.4, 0.5) is 5.69 Å². The zero-order valence-corrected chi connectivity index (χ0v) is 21.8. The minimum atomic E-state index is -0.170. The van der Waals surface area contributed by atoms with Crippen molar-refractivity contribution in [2.45, 2.75) is 79.1 Å². The summed E-state index contributed by atoms with van der Waals surface area (Å²) >= 11 is 0. The molecule has 0 N–H and O–H groups in total. The fourth-order valence-electron chi connectivity index (χ4n) is 5.46. The quantitative estimate of drug-likeness (QED) is 0.429. The predicted octanol–water partition coefficient (Wildman–Crippen LogP) is 6.53. The fourth-order valence-corrected chi connectivity index (χ4v) is 5.46. The first-order valence-corrected chi connectivity index (χ1v) is 12.6. The summed E-state index contributed by atoms with van der Waals surface area (Å²) in [6, 6.07) is 6.32. The third kappa shape index (κ3) is 6.63. The highest BCUT2D eigenvalue weighted by molar-refractivity contribution is 5.97. The van der Waals surface area contributed by atoms with Gasteiger partial charge in [0.1, 0.15) is 0 Å². The van der Waals surface area contributed by atoms with Crippen LogP contribution in [0.15, 0.2) is 18.2 Å². The van der Waals surface area contributed by atoms with Gasteiger partial charge in [0.05, 0.1) is 17.9 Å². The number of benzene rings is 1. The molecule has 0 amide bonds. The molecule has 0 aromatic heterocycles. The number of carbonyl (C=O) groups excluding carboxylic acids is 1. The fraction of sp³-hybridized carbons (Fsp3) is 0.741. The Balaban J connectivity index is 0.00000363. The number of piperazine rings is 1. The van der Waals surface area contributed by atoms with Crippen LogP contribution >= 0.6 is 12.4 Å². The third-order valence-electron chi connectivity index (χ3n) is 7.47. The first kappa shape index (κ1) is 27.0. The molecule has 1 aromatic rings. The van der Waals surface area contributed by atoms with Crippen molar-refractivity contribution in [3.63, 3.8) is 0 Å². The molecule has 1 aromatic carbocycles. The highest BCUT2D eigenvalue weighted by Gasteiger charge is 2.33. The van der Waals surface area contributed by atoms with Gasteiger partial charge in [0.25, 0.3) is 0 Å². The lowest BCUT2D eigenvalue weighted by Gasteiger charge is -2.41. The van der Waals surface area contributed by atoms with Gasteiger partial charge in [0.2, 0.25) is 0 Å². The van der Waals surface area contributed by atoms with E-state index in [1.165, 1.54) is 50.6 Å². The van der Waals surface area contributed by atoms with E-state index in [1.54, 1.807) is 0 Å². The number of esters is 1. The Morgan fingerprint density at radius 3 is 2.25 bits per heavy atom. The number of unbranched alkanes of at least 4 members (excludes halogenated alkanes) is 1. The molecule has 1 aliphatic carbocycles. The van der Waals surface area contributed by atoms with E-state index >= 15 is 0 Å². The number of nitrogens with zero attached hydrogens (tertiary/aromatic N) is 2. The molecule has 3 rings (SSSR count). The van der Waals surface area contributed by atoms with Crippen molar-refractivity contribution in [3.8, 4) is 0 Å². The van der Waals surface area contributed by atoms with Crippen LogP contribution in [-0.2, 0) is 4.74 Å². The Kier molecular flexibility index (Phi) is 10.4. The molecule has 182 valence electrons. The SMILES string of the molecule is CCCCN1CCN(c2c(C(=O)OCC)cccc2C2CCC(C(C)(C)C)CC2)CC1.Cl. The van der Waals surface area contributed by atoms with Gasteiger partial charge in [-0.1, -0.05) is 46.2 Å². The zero-order valence-electron chi connectivity index (χ0n) is 21.0. The lowest BCUT2D eigenvalue weighted by molar-refractivity contribution is 0.0526. The number of para-hydroxylation sites is 1. The maximum absolute atomic E-state index is 12.9. The van der Waals surface area contributed by atoms with E-state index in [1.807, 2.05) is 13.0 Å². The van der Waals surface area contributed by atoms with Crippen LogP contribution in [0, 0.1) is 11.3 Å². The summed E-state index contributed by atoms with van der Waals surface area (Å²) in [5.74, 6) is 1.17. The van der Waals surface area contributed by atoms with E-state index in [2.05, 4.69) is 49.6 Å². The average Bonchev–Trinajstić information content (AvgIpc) is 2.77. The summed E-state index contributed by atoms with van der Waals surface area (Å²) in [5, 5.41) is 0. The van der Waals surface area contributed by atoms with E-state index in [9.17, 15) is 4.79 Å². The maximum atomic E-state index is 12.9. The summed E-state index contributed by atoms with van der Waals surface area (Å²) < 4.78 is 5.46. The topological polar surface area (TPSA) is 32.8 Å². The number of carbonyl (C=O) groups is 1. The van der Waals surface area contributed by atoms with E-state index in [0.717, 1.165) is 43.3 Å². The monoisotopic (exact) mass is 464 g/mol. The molecule has 1 heterocycles. The number of rotatable bonds is 7. The molecule has 1 aliphatic heterocycles. The Morgan fingerprint density at radius 2 is 1.69 bits per heavy atom. The van der Waals surface area contributed by atoms with Crippen molar-refractivity contribution in [2.75, 3.05) is 44.2 Å². The Bertz CT molecular complexity index is 715. The smallest absolute Gasteiger partial charge is 0.340 e. The Labute approximate surface area is 202 Å². The first-order chi connectivity index (χ1) is 14.8. The van der Waals surface area contributed by atoms with Crippen molar-refractivity contribution in [2.24, 2.45) is 11.3 Å². The van der Waals surface area contributed by atoms with E-state index in [0.29, 0.717) is 17.9 Å². The van der Waals surface area contributed by atoms with Gasteiger partial charge in [0, 0.05) is 26.2 Å². The highest BCUT2D eigenvalue weighted by atomic mass is 35.5. The van der Waals surface area contributed by atoms with Gasteiger partial charge in [-0.2, -0.15) is 0 Å². The van der Waals surface area contributed by atoms with Gasteiger partial charge in [-0.3, -0.25) is 4.90 Å². The molecule has 2 aliphatic rings. The van der Waals surface area contributed by atoms with E-state index in [4.69, 9.17) is 4.74 Å². The van der Waals surface area contributed by atoms with Gasteiger partial charge < -0.3 is 9.64 Å². The molecular weight excluding hydrogens is 420 g/mol. The van der Waals surface area contributed by atoms with Crippen LogP contribution in [-0.4, -0.2) is 50.2 Å². The van der Waals surface area contributed by atoms with Gasteiger partial charge >= 0.3 is 5.97 Å². The maximum Gasteiger partial charge on any atom is 0.340 e. The Hall–Kier alpha value is -1.26. The van der Waals surface area contributed by atoms with Crippen molar-refractivity contribution in [1.29, 1.82) is 0 Å². The predicted molar refractivity (Wildman–Crippen MR) is 137 cm³/mol. The van der Waals surface area contributed by atoms with E-state index in [-0.39, 0.29) is 18.4 Å². The van der Waals surface area contributed by atoms with E-state index < -0.39 is 0 Å². The molecule has 4 nitrogen and oxygen atoms in total. The van der Waals surface area contributed by atoms with Crippen LogP contribution in [0.5, 0.6) is 0 Å². The molecular formula is C27H45ClN2O2.